The molecule has 0 aliphatic heterocycles. The maximum atomic E-state index is 13.5. The van der Waals surface area contributed by atoms with Gasteiger partial charge in [0.2, 0.25) is 0 Å². The van der Waals surface area contributed by atoms with E-state index in [0.717, 1.165) is 25.7 Å². The number of nitrogens with zero attached hydrogens (tertiary/aromatic N) is 2. The van der Waals surface area contributed by atoms with Gasteiger partial charge >= 0.3 is 5.97 Å². The van der Waals surface area contributed by atoms with E-state index in [4.69, 9.17) is 4.74 Å². The molecule has 7 heteroatoms. The van der Waals surface area contributed by atoms with Crippen molar-refractivity contribution in [1.29, 1.82) is 0 Å². The van der Waals surface area contributed by atoms with Crippen LogP contribution in [0, 0.1) is 11.7 Å². The van der Waals surface area contributed by atoms with Crippen molar-refractivity contribution < 1.29 is 18.7 Å². The van der Waals surface area contributed by atoms with E-state index in [-0.39, 0.29) is 30.8 Å². The average Bonchev–Trinajstić information content (AvgIpc) is 3.16. The molecule has 3 rings (SSSR count). The Bertz CT molecular complexity index is 834. The molecule has 1 aromatic carbocycles. The lowest BCUT2D eigenvalue weighted by Gasteiger charge is -2.06. The first-order chi connectivity index (χ1) is 11.6. The first-order valence-corrected chi connectivity index (χ1v) is 8.93. The molecule has 0 radical (unpaired) electrons. The molecule has 24 heavy (non-hydrogen) atoms. The Labute approximate surface area is 142 Å². The standard InChI is InChI=1S/C17H19FN2O3S/c1-2-23-15(21)10-20-13-8-7-12(18)9-14(13)24-17(20)19-16(22)11-5-3-4-6-11/h7-9,11H,2-6,10H2,1H3. The number of carbonyl (C=O) groups excluding carboxylic acids is 2. The van der Waals surface area contributed by atoms with Crippen molar-refractivity contribution in [3.05, 3.63) is 28.8 Å². The largest absolute Gasteiger partial charge is 0.465 e. The van der Waals surface area contributed by atoms with Gasteiger partial charge in [-0.15, -0.1) is 0 Å². The second-order valence-electron chi connectivity index (χ2n) is 5.82. The van der Waals surface area contributed by atoms with Gasteiger partial charge in [-0.05, 0) is 38.0 Å². The second kappa shape index (κ2) is 7.25. The molecule has 1 aliphatic carbocycles. The van der Waals surface area contributed by atoms with Crippen LogP contribution in [0.4, 0.5) is 4.39 Å². The van der Waals surface area contributed by atoms with Gasteiger partial charge in [0.15, 0.2) is 4.80 Å². The second-order valence-corrected chi connectivity index (χ2v) is 6.83. The number of thiazole rings is 1. The summed E-state index contributed by atoms with van der Waals surface area (Å²) < 4.78 is 20.7. The van der Waals surface area contributed by atoms with Crippen molar-refractivity contribution in [2.75, 3.05) is 6.61 Å². The van der Waals surface area contributed by atoms with Crippen molar-refractivity contribution >= 4 is 33.4 Å². The van der Waals surface area contributed by atoms with Gasteiger partial charge in [-0.25, -0.2) is 4.39 Å². The van der Waals surface area contributed by atoms with Gasteiger partial charge in [0, 0.05) is 5.92 Å². The summed E-state index contributed by atoms with van der Waals surface area (Å²) in [5.41, 5.74) is 0.674. The third-order valence-corrected chi connectivity index (χ3v) is 5.19. The predicted molar refractivity (Wildman–Crippen MR) is 88.9 cm³/mol. The number of ether oxygens (including phenoxy) is 1. The van der Waals surface area contributed by atoms with Crippen LogP contribution in [-0.4, -0.2) is 23.1 Å². The molecule has 0 N–H and O–H groups in total. The molecule has 1 heterocycles. The molecule has 1 amide bonds. The van der Waals surface area contributed by atoms with E-state index in [0.29, 0.717) is 15.0 Å². The first kappa shape index (κ1) is 16.8. The minimum Gasteiger partial charge on any atom is -0.465 e. The smallest absolute Gasteiger partial charge is 0.326 e. The highest BCUT2D eigenvalue weighted by Crippen LogP contribution is 2.26. The van der Waals surface area contributed by atoms with Crippen LogP contribution in [0.5, 0.6) is 0 Å². The number of amides is 1. The lowest BCUT2D eigenvalue weighted by molar-refractivity contribution is -0.143. The number of hydrogen-bond donors (Lipinski definition) is 0. The molecule has 128 valence electrons. The number of fused-ring (bicyclic) bond motifs is 1. The van der Waals surface area contributed by atoms with E-state index in [1.165, 1.54) is 23.5 Å². The van der Waals surface area contributed by atoms with Crippen LogP contribution >= 0.6 is 11.3 Å². The molecule has 0 bridgehead atoms. The Morgan fingerprint density at radius 2 is 2.12 bits per heavy atom. The summed E-state index contributed by atoms with van der Waals surface area (Å²) in [5, 5.41) is 0. The highest BCUT2D eigenvalue weighted by molar-refractivity contribution is 7.16. The zero-order valence-electron chi connectivity index (χ0n) is 13.5. The predicted octanol–water partition coefficient (Wildman–Crippen LogP) is 3.02. The van der Waals surface area contributed by atoms with E-state index in [2.05, 4.69) is 4.99 Å². The lowest BCUT2D eigenvalue weighted by Crippen LogP contribution is -2.24. The molecule has 0 unspecified atom stereocenters. The molecular formula is C17H19FN2O3S. The summed E-state index contributed by atoms with van der Waals surface area (Å²) in [5.74, 6) is -0.961. The van der Waals surface area contributed by atoms with Gasteiger partial charge in [0.1, 0.15) is 12.4 Å². The van der Waals surface area contributed by atoms with Gasteiger partial charge in [-0.2, -0.15) is 4.99 Å². The molecule has 1 aromatic heterocycles. The lowest BCUT2D eigenvalue weighted by atomic mass is 10.1. The third kappa shape index (κ3) is 3.56. The van der Waals surface area contributed by atoms with Gasteiger partial charge in [-0.3, -0.25) is 9.59 Å². The fourth-order valence-electron chi connectivity index (χ4n) is 2.98. The van der Waals surface area contributed by atoms with Crippen molar-refractivity contribution in [3.8, 4) is 0 Å². The summed E-state index contributed by atoms with van der Waals surface area (Å²) in [7, 11) is 0. The molecular weight excluding hydrogens is 331 g/mol. The van der Waals surface area contributed by atoms with Crippen LogP contribution in [0.2, 0.25) is 0 Å². The van der Waals surface area contributed by atoms with E-state index in [9.17, 15) is 14.0 Å². The summed E-state index contributed by atoms with van der Waals surface area (Å²) >= 11 is 1.21. The Morgan fingerprint density at radius 1 is 1.38 bits per heavy atom. The third-order valence-electron chi connectivity index (χ3n) is 4.15. The highest BCUT2D eigenvalue weighted by atomic mass is 32.1. The number of carbonyl (C=O) groups is 2. The van der Waals surface area contributed by atoms with Crippen LogP contribution in [0.1, 0.15) is 32.6 Å². The van der Waals surface area contributed by atoms with Crippen LogP contribution in [0.3, 0.4) is 0 Å². The first-order valence-electron chi connectivity index (χ1n) is 8.11. The van der Waals surface area contributed by atoms with Crippen molar-refractivity contribution in [1.82, 2.24) is 4.57 Å². The van der Waals surface area contributed by atoms with E-state index < -0.39 is 5.97 Å². The number of rotatable bonds is 4. The van der Waals surface area contributed by atoms with E-state index in [1.807, 2.05) is 0 Å². The molecule has 1 fully saturated rings. The Hall–Kier alpha value is -2.02. The molecule has 2 aromatic rings. The number of hydrogen-bond acceptors (Lipinski definition) is 4. The molecule has 0 atom stereocenters. The van der Waals surface area contributed by atoms with Crippen molar-refractivity contribution in [2.24, 2.45) is 10.9 Å². The summed E-state index contributed by atoms with van der Waals surface area (Å²) in [6.45, 7) is 1.97. The van der Waals surface area contributed by atoms with Gasteiger partial charge in [-0.1, -0.05) is 24.2 Å². The number of aromatic nitrogens is 1. The summed E-state index contributed by atoms with van der Waals surface area (Å²) in [6, 6.07) is 4.32. The Balaban J connectivity index is 2.04. The Kier molecular flexibility index (Phi) is 5.08. The summed E-state index contributed by atoms with van der Waals surface area (Å²) in [4.78, 5) is 28.9. The fourth-order valence-corrected chi connectivity index (χ4v) is 4.04. The maximum absolute atomic E-state index is 13.5. The number of benzene rings is 1. The summed E-state index contributed by atoms with van der Waals surface area (Å²) in [6.07, 6.45) is 3.82. The normalized spacial score (nSPS) is 16.0. The van der Waals surface area contributed by atoms with E-state index in [1.54, 1.807) is 17.6 Å². The molecule has 1 saturated carbocycles. The van der Waals surface area contributed by atoms with Crippen molar-refractivity contribution in [2.45, 2.75) is 39.2 Å². The van der Waals surface area contributed by atoms with Crippen LogP contribution in [0.25, 0.3) is 10.2 Å². The van der Waals surface area contributed by atoms with Crippen molar-refractivity contribution in [3.63, 3.8) is 0 Å². The molecule has 1 aliphatic rings. The topological polar surface area (TPSA) is 60.7 Å². The fraction of sp³-hybridized carbons (Fsp3) is 0.471. The number of halogens is 1. The zero-order valence-corrected chi connectivity index (χ0v) is 14.3. The average molecular weight is 350 g/mol. The van der Waals surface area contributed by atoms with Gasteiger partial charge in [0.25, 0.3) is 5.91 Å². The van der Waals surface area contributed by atoms with E-state index >= 15 is 0 Å². The number of esters is 1. The highest BCUT2D eigenvalue weighted by Gasteiger charge is 2.23. The molecule has 0 spiro atoms. The minimum atomic E-state index is -0.406. The van der Waals surface area contributed by atoms with Crippen LogP contribution < -0.4 is 4.80 Å². The van der Waals surface area contributed by atoms with Gasteiger partial charge in [0.05, 0.1) is 16.8 Å². The quantitative estimate of drug-likeness (QED) is 0.797. The maximum Gasteiger partial charge on any atom is 0.326 e. The van der Waals surface area contributed by atoms with Crippen LogP contribution in [-0.2, 0) is 20.9 Å². The van der Waals surface area contributed by atoms with Gasteiger partial charge < -0.3 is 9.30 Å². The molecule has 0 saturated heterocycles. The minimum absolute atomic E-state index is 0.0389. The zero-order chi connectivity index (χ0) is 17.1. The Morgan fingerprint density at radius 3 is 2.83 bits per heavy atom. The monoisotopic (exact) mass is 350 g/mol. The SMILES string of the molecule is CCOC(=O)Cn1c(=NC(=O)C2CCCC2)sc2cc(F)ccc21. The molecule has 5 nitrogen and oxygen atoms in total. The van der Waals surface area contributed by atoms with Crippen LogP contribution in [0.15, 0.2) is 23.2 Å².